The van der Waals surface area contributed by atoms with Crippen LogP contribution in [0.5, 0.6) is 0 Å². The molecule has 84 valence electrons. The van der Waals surface area contributed by atoms with Gasteiger partial charge in [-0.2, -0.15) is 0 Å². The molecule has 3 nitrogen and oxygen atoms in total. The van der Waals surface area contributed by atoms with Crippen molar-refractivity contribution in [1.29, 1.82) is 0 Å². The van der Waals surface area contributed by atoms with Crippen molar-refractivity contribution in [2.24, 2.45) is 5.73 Å². The summed E-state index contributed by atoms with van der Waals surface area (Å²) in [5, 5.41) is 1.94. The van der Waals surface area contributed by atoms with E-state index in [4.69, 9.17) is 5.73 Å². The average molecular weight is 226 g/mol. The molecule has 0 aliphatic heterocycles. The maximum Gasteiger partial charge on any atom is 0.245 e. The van der Waals surface area contributed by atoms with E-state index >= 15 is 0 Å². The quantitative estimate of drug-likeness (QED) is 0.853. The zero-order chi connectivity index (χ0) is 11.4. The Bertz CT molecular complexity index is 308. The van der Waals surface area contributed by atoms with Crippen LogP contribution in [-0.2, 0) is 4.79 Å². The summed E-state index contributed by atoms with van der Waals surface area (Å²) in [6.45, 7) is 6.68. The fourth-order valence-electron chi connectivity index (χ4n) is 1.54. The van der Waals surface area contributed by atoms with Crippen molar-refractivity contribution in [2.75, 3.05) is 6.54 Å². The van der Waals surface area contributed by atoms with Gasteiger partial charge in [-0.05, 0) is 32.2 Å². The molecule has 0 radical (unpaired) electrons. The van der Waals surface area contributed by atoms with Gasteiger partial charge in [0, 0.05) is 17.5 Å². The van der Waals surface area contributed by atoms with Crippen LogP contribution in [0.25, 0.3) is 0 Å². The number of carbonyl (C=O) groups is 1. The van der Waals surface area contributed by atoms with Crippen molar-refractivity contribution < 1.29 is 4.79 Å². The van der Waals surface area contributed by atoms with E-state index in [1.54, 1.807) is 4.90 Å². The Labute approximate surface area is 94.9 Å². The number of amides is 1. The minimum absolute atomic E-state index is 0.00921. The van der Waals surface area contributed by atoms with Crippen LogP contribution >= 0.6 is 11.3 Å². The number of rotatable bonds is 4. The molecular formula is C11H18N2OS. The second-order valence-corrected chi connectivity index (χ2v) is 4.69. The first-order valence-corrected chi connectivity index (χ1v) is 6.05. The fraction of sp³-hybridized carbons (Fsp3) is 0.545. The molecule has 1 unspecified atom stereocenters. The molecule has 0 aliphatic carbocycles. The Balaban J connectivity index is 2.75. The first-order valence-electron chi connectivity index (χ1n) is 5.17. The second-order valence-electron chi connectivity index (χ2n) is 3.71. The Morgan fingerprint density at radius 1 is 1.60 bits per heavy atom. The smallest absolute Gasteiger partial charge is 0.245 e. The lowest BCUT2D eigenvalue weighted by Crippen LogP contribution is -2.42. The van der Waals surface area contributed by atoms with Gasteiger partial charge >= 0.3 is 0 Å². The van der Waals surface area contributed by atoms with E-state index in [-0.39, 0.29) is 11.9 Å². The maximum atomic E-state index is 12.0. The standard InChI is InChI=1S/C11H18N2OS/c1-4-13(8(2)3)11(14)10(12)9-6-5-7-15-9/h5-8,10H,4,12H2,1-3H3. The van der Waals surface area contributed by atoms with Gasteiger partial charge in [0.1, 0.15) is 6.04 Å². The molecule has 1 aromatic heterocycles. The van der Waals surface area contributed by atoms with Gasteiger partial charge in [0.25, 0.3) is 0 Å². The van der Waals surface area contributed by atoms with Gasteiger partial charge in [-0.15, -0.1) is 11.3 Å². The van der Waals surface area contributed by atoms with Crippen LogP contribution < -0.4 is 5.73 Å². The lowest BCUT2D eigenvalue weighted by molar-refractivity contribution is -0.134. The summed E-state index contributed by atoms with van der Waals surface area (Å²) in [6, 6.07) is 3.51. The van der Waals surface area contributed by atoms with E-state index in [1.807, 2.05) is 38.3 Å². The number of nitrogens with zero attached hydrogens (tertiary/aromatic N) is 1. The molecule has 0 aromatic carbocycles. The molecule has 0 aliphatic rings. The van der Waals surface area contributed by atoms with Gasteiger partial charge in [-0.25, -0.2) is 0 Å². The SMILES string of the molecule is CCN(C(=O)C(N)c1cccs1)C(C)C. The van der Waals surface area contributed by atoms with E-state index < -0.39 is 6.04 Å². The summed E-state index contributed by atoms with van der Waals surface area (Å²) < 4.78 is 0. The summed E-state index contributed by atoms with van der Waals surface area (Å²) in [5.74, 6) is 0.00921. The minimum Gasteiger partial charge on any atom is -0.339 e. The van der Waals surface area contributed by atoms with Gasteiger partial charge in [-0.3, -0.25) is 4.79 Å². The van der Waals surface area contributed by atoms with Crippen LogP contribution in [0, 0.1) is 0 Å². The molecule has 1 atom stereocenters. The Morgan fingerprint density at radius 2 is 2.27 bits per heavy atom. The highest BCUT2D eigenvalue weighted by molar-refractivity contribution is 7.10. The predicted octanol–water partition coefficient (Wildman–Crippen LogP) is 2.00. The third-order valence-electron chi connectivity index (χ3n) is 2.36. The lowest BCUT2D eigenvalue weighted by Gasteiger charge is -2.27. The van der Waals surface area contributed by atoms with Crippen LogP contribution in [0.4, 0.5) is 0 Å². The second kappa shape index (κ2) is 5.28. The Hall–Kier alpha value is -0.870. The third-order valence-corrected chi connectivity index (χ3v) is 3.32. The first-order chi connectivity index (χ1) is 7.07. The number of hydrogen-bond donors (Lipinski definition) is 1. The zero-order valence-electron chi connectivity index (χ0n) is 9.43. The monoisotopic (exact) mass is 226 g/mol. The van der Waals surface area contributed by atoms with E-state index in [0.717, 1.165) is 4.88 Å². The number of nitrogens with two attached hydrogens (primary N) is 1. The molecular weight excluding hydrogens is 208 g/mol. The Morgan fingerprint density at radius 3 is 2.67 bits per heavy atom. The first kappa shape index (κ1) is 12.2. The molecule has 0 saturated heterocycles. The third kappa shape index (κ3) is 2.79. The number of carbonyl (C=O) groups excluding carboxylic acids is 1. The lowest BCUT2D eigenvalue weighted by atomic mass is 10.2. The van der Waals surface area contributed by atoms with Crippen LogP contribution in [0.1, 0.15) is 31.7 Å². The van der Waals surface area contributed by atoms with Crippen molar-refractivity contribution in [3.63, 3.8) is 0 Å². The summed E-state index contributed by atoms with van der Waals surface area (Å²) in [6.07, 6.45) is 0. The average Bonchev–Trinajstić information content (AvgIpc) is 2.69. The van der Waals surface area contributed by atoms with Gasteiger partial charge in [-0.1, -0.05) is 6.07 Å². The van der Waals surface area contributed by atoms with Gasteiger partial charge in [0.05, 0.1) is 0 Å². The predicted molar refractivity (Wildman–Crippen MR) is 63.8 cm³/mol. The molecule has 2 N–H and O–H groups in total. The molecule has 1 amide bonds. The van der Waals surface area contributed by atoms with Gasteiger partial charge in [0.2, 0.25) is 5.91 Å². The molecule has 1 heterocycles. The van der Waals surface area contributed by atoms with Crippen LogP contribution in [-0.4, -0.2) is 23.4 Å². The Kier molecular flexibility index (Phi) is 4.29. The van der Waals surface area contributed by atoms with Gasteiger partial charge < -0.3 is 10.6 Å². The zero-order valence-corrected chi connectivity index (χ0v) is 10.3. The minimum atomic E-state index is -0.507. The number of likely N-dealkylation sites (N-methyl/N-ethyl adjacent to an activating group) is 1. The van der Waals surface area contributed by atoms with Crippen molar-refractivity contribution in [2.45, 2.75) is 32.9 Å². The van der Waals surface area contributed by atoms with Crippen molar-refractivity contribution in [3.05, 3.63) is 22.4 Å². The van der Waals surface area contributed by atoms with E-state index in [9.17, 15) is 4.79 Å². The van der Waals surface area contributed by atoms with Crippen LogP contribution in [0.2, 0.25) is 0 Å². The van der Waals surface area contributed by atoms with E-state index in [1.165, 1.54) is 11.3 Å². The normalized spacial score (nSPS) is 12.9. The highest BCUT2D eigenvalue weighted by atomic mass is 32.1. The topological polar surface area (TPSA) is 46.3 Å². The van der Waals surface area contributed by atoms with Crippen molar-refractivity contribution >= 4 is 17.2 Å². The highest BCUT2D eigenvalue weighted by Crippen LogP contribution is 2.19. The largest absolute Gasteiger partial charge is 0.339 e. The van der Waals surface area contributed by atoms with E-state index in [0.29, 0.717) is 6.54 Å². The molecule has 15 heavy (non-hydrogen) atoms. The number of hydrogen-bond acceptors (Lipinski definition) is 3. The molecule has 0 bridgehead atoms. The summed E-state index contributed by atoms with van der Waals surface area (Å²) >= 11 is 1.53. The summed E-state index contributed by atoms with van der Waals surface area (Å²) in [5.41, 5.74) is 5.92. The maximum absolute atomic E-state index is 12.0. The van der Waals surface area contributed by atoms with Gasteiger partial charge in [0.15, 0.2) is 0 Å². The molecule has 0 spiro atoms. The molecule has 4 heteroatoms. The number of thiophene rings is 1. The fourth-order valence-corrected chi connectivity index (χ4v) is 2.26. The highest BCUT2D eigenvalue weighted by Gasteiger charge is 2.23. The summed E-state index contributed by atoms with van der Waals surface area (Å²) in [7, 11) is 0. The van der Waals surface area contributed by atoms with Crippen molar-refractivity contribution in [3.8, 4) is 0 Å². The molecule has 1 rings (SSSR count). The van der Waals surface area contributed by atoms with Crippen molar-refractivity contribution in [1.82, 2.24) is 4.90 Å². The molecule has 0 fully saturated rings. The van der Waals surface area contributed by atoms with Crippen LogP contribution in [0.15, 0.2) is 17.5 Å². The summed E-state index contributed by atoms with van der Waals surface area (Å²) in [4.78, 5) is 14.7. The van der Waals surface area contributed by atoms with Crippen LogP contribution in [0.3, 0.4) is 0 Å². The van der Waals surface area contributed by atoms with E-state index in [2.05, 4.69) is 0 Å². The molecule has 0 saturated carbocycles. The molecule has 1 aromatic rings.